The van der Waals surface area contributed by atoms with Gasteiger partial charge in [-0.3, -0.25) is 0 Å². The molecule has 0 N–H and O–H groups in total. The van der Waals surface area contributed by atoms with E-state index in [1.807, 2.05) is 0 Å². The van der Waals surface area contributed by atoms with E-state index in [0.717, 1.165) is 26.2 Å². The normalized spacial score (nSPS) is 11.2. The topological polar surface area (TPSA) is 13.1 Å². The standard InChI is InChI=1S/C26H48NO/c1-2-3-4-5-6-7-8-9-10-11-12-13-14-15-16-20-25-28-26-21-24-27-22-18-17-19-23-27/h17-19,22-23H,2-16,20-21,24-26H2,1H3/q+1. The molecule has 0 atom stereocenters. The smallest absolute Gasteiger partial charge is 0.168 e. The highest BCUT2D eigenvalue weighted by Crippen LogP contribution is 2.13. The molecule has 0 aromatic carbocycles. The number of unbranched alkanes of at least 4 members (excludes halogenated alkanes) is 15. The summed E-state index contributed by atoms with van der Waals surface area (Å²) in [5, 5.41) is 0. The summed E-state index contributed by atoms with van der Waals surface area (Å²) in [7, 11) is 0. The molecule has 0 saturated heterocycles. The minimum atomic E-state index is 0.890. The van der Waals surface area contributed by atoms with Crippen molar-refractivity contribution in [1.82, 2.24) is 0 Å². The van der Waals surface area contributed by atoms with Gasteiger partial charge in [0.15, 0.2) is 18.9 Å². The predicted octanol–water partition coefficient (Wildman–Crippen LogP) is 7.64. The van der Waals surface area contributed by atoms with Gasteiger partial charge in [0.05, 0.1) is 6.61 Å². The molecule has 1 rings (SSSR count). The van der Waals surface area contributed by atoms with E-state index in [-0.39, 0.29) is 0 Å². The lowest BCUT2D eigenvalue weighted by Gasteiger charge is -2.04. The summed E-state index contributed by atoms with van der Waals surface area (Å²) in [6.45, 7) is 5.18. The predicted molar refractivity (Wildman–Crippen MR) is 122 cm³/mol. The molecule has 1 aromatic heterocycles. The number of nitrogens with zero attached hydrogens (tertiary/aromatic N) is 1. The zero-order valence-electron chi connectivity index (χ0n) is 18.9. The maximum absolute atomic E-state index is 5.76. The van der Waals surface area contributed by atoms with Crippen molar-refractivity contribution in [2.45, 2.75) is 123 Å². The first kappa shape index (κ1) is 25.1. The van der Waals surface area contributed by atoms with Crippen molar-refractivity contribution in [2.75, 3.05) is 13.2 Å². The Morgan fingerprint density at radius 1 is 0.500 bits per heavy atom. The number of ether oxygens (including phenoxy) is 1. The Kier molecular flexibility index (Phi) is 18.7. The second-order valence-corrected chi connectivity index (χ2v) is 8.38. The molecular formula is C26H48NO+. The van der Waals surface area contributed by atoms with E-state index in [9.17, 15) is 0 Å². The summed E-state index contributed by atoms with van der Waals surface area (Å²) < 4.78 is 7.98. The van der Waals surface area contributed by atoms with E-state index in [1.165, 1.54) is 103 Å². The Balaban J connectivity index is 1.67. The lowest BCUT2D eigenvalue weighted by Crippen LogP contribution is -2.32. The molecule has 1 aromatic rings. The molecule has 2 nitrogen and oxygen atoms in total. The van der Waals surface area contributed by atoms with E-state index in [2.05, 4.69) is 42.1 Å². The van der Waals surface area contributed by atoms with Gasteiger partial charge in [0.25, 0.3) is 0 Å². The van der Waals surface area contributed by atoms with Crippen LogP contribution in [-0.2, 0) is 11.3 Å². The third-order valence-corrected chi connectivity index (χ3v) is 5.62. The Bertz CT molecular complexity index is 406. The molecule has 0 radical (unpaired) electrons. The van der Waals surface area contributed by atoms with Gasteiger partial charge in [-0.1, -0.05) is 109 Å². The summed E-state index contributed by atoms with van der Waals surface area (Å²) >= 11 is 0. The fraction of sp³-hybridized carbons (Fsp3) is 0.808. The van der Waals surface area contributed by atoms with Crippen LogP contribution in [0.2, 0.25) is 0 Å². The largest absolute Gasteiger partial charge is 0.381 e. The first-order chi connectivity index (χ1) is 13.9. The number of rotatable bonds is 21. The summed E-state index contributed by atoms with van der Waals surface area (Å²) in [4.78, 5) is 0. The second kappa shape index (κ2) is 20.8. The van der Waals surface area contributed by atoms with Gasteiger partial charge in [0.1, 0.15) is 0 Å². The fourth-order valence-corrected chi connectivity index (χ4v) is 3.79. The molecular weight excluding hydrogens is 342 g/mol. The van der Waals surface area contributed by atoms with Gasteiger partial charge in [-0.25, -0.2) is 4.57 Å². The van der Waals surface area contributed by atoms with Crippen molar-refractivity contribution in [3.63, 3.8) is 0 Å². The van der Waals surface area contributed by atoms with Crippen LogP contribution in [0.5, 0.6) is 0 Å². The van der Waals surface area contributed by atoms with E-state index >= 15 is 0 Å². The minimum Gasteiger partial charge on any atom is -0.381 e. The van der Waals surface area contributed by atoms with Crippen LogP contribution in [-0.4, -0.2) is 13.2 Å². The molecule has 1 heterocycles. The SMILES string of the molecule is CCCCCCCCCCCCCCCCCCOCCC[n+]1ccccc1. The minimum absolute atomic E-state index is 0.890. The highest BCUT2D eigenvalue weighted by molar-refractivity contribution is 4.83. The quantitative estimate of drug-likeness (QED) is 0.155. The molecule has 0 aliphatic rings. The molecule has 0 saturated carbocycles. The Morgan fingerprint density at radius 3 is 1.43 bits per heavy atom. The van der Waals surface area contributed by atoms with Gasteiger partial charge in [-0.05, 0) is 6.42 Å². The van der Waals surface area contributed by atoms with Crippen LogP contribution in [0.4, 0.5) is 0 Å². The molecule has 0 bridgehead atoms. The van der Waals surface area contributed by atoms with Crippen molar-refractivity contribution >= 4 is 0 Å². The summed E-state index contributed by atoms with van der Waals surface area (Å²) in [5.41, 5.74) is 0. The average Bonchev–Trinajstić information content (AvgIpc) is 2.73. The van der Waals surface area contributed by atoms with Crippen LogP contribution in [0.25, 0.3) is 0 Å². The molecule has 0 spiro atoms. The number of pyridine rings is 1. The first-order valence-corrected chi connectivity index (χ1v) is 12.5. The van der Waals surface area contributed by atoms with Crippen molar-refractivity contribution in [1.29, 1.82) is 0 Å². The summed E-state index contributed by atoms with van der Waals surface area (Å²) in [5.74, 6) is 0. The molecule has 0 aliphatic heterocycles. The second-order valence-electron chi connectivity index (χ2n) is 8.38. The van der Waals surface area contributed by atoms with E-state index in [4.69, 9.17) is 4.74 Å². The number of aromatic nitrogens is 1. The number of aryl methyl sites for hydroxylation is 1. The van der Waals surface area contributed by atoms with Crippen LogP contribution in [0, 0.1) is 0 Å². The molecule has 28 heavy (non-hydrogen) atoms. The maximum Gasteiger partial charge on any atom is 0.168 e. The zero-order chi connectivity index (χ0) is 20.0. The molecule has 0 aliphatic carbocycles. The van der Waals surface area contributed by atoms with Gasteiger partial charge in [0, 0.05) is 25.2 Å². The van der Waals surface area contributed by atoms with Gasteiger partial charge in [0.2, 0.25) is 0 Å². The average molecular weight is 391 g/mol. The van der Waals surface area contributed by atoms with Crippen molar-refractivity contribution < 1.29 is 9.30 Å². The molecule has 2 heteroatoms. The van der Waals surface area contributed by atoms with E-state index in [0.29, 0.717) is 0 Å². The molecule has 0 unspecified atom stereocenters. The molecule has 0 amide bonds. The van der Waals surface area contributed by atoms with Crippen LogP contribution >= 0.6 is 0 Å². The maximum atomic E-state index is 5.76. The van der Waals surface area contributed by atoms with Gasteiger partial charge >= 0.3 is 0 Å². The van der Waals surface area contributed by atoms with Crippen LogP contribution in [0.1, 0.15) is 116 Å². The highest BCUT2D eigenvalue weighted by atomic mass is 16.5. The Hall–Kier alpha value is -0.890. The van der Waals surface area contributed by atoms with Gasteiger partial charge in [-0.2, -0.15) is 0 Å². The molecule has 0 fully saturated rings. The molecule has 162 valence electrons. The van der Waals surface area contributed by atoms with Crippen LogP contribution in [0.3, 0.4) is 0 Å². The third-order valence-electron chi connectivity index (χ3n) is 5.62. The van der Waals surface area contributed by atoms with Crippen LogP contribution < -0.4 is 4.57 Å². The lowest BCUT2D eigenvalue weighted by molar-refractivity contribution is -0.697. The van der Waals surface area contributed by atoms with Gasteiger partial charge < -0.3 is 4.74 Å². The van der Waals surface area contributed by atoms with Crippen molar-refractivity contribution in [3.8, 4) is 0 Å². The zero-order valence-corrected chi connectivity index (χ0v) is 18.9. The van der Waals surface area contributed by atoms with Crippen molar-refractivity contribution in [2.24, 2.45) is 0 Å². The fourth-order valence-electron chi connectivity index (χ4n) is 3.79. The third kappa shape index (κ3) is 17.2. The monoisotopic (exact) mass is 390 g/mol. The highest BCUT2D eigenvalue weighted by Gasteiger charge is 1.98. The lowest BCUT2D eigenvalue weighted by atomic mass is 10.0. The number of hydrogen-bond donors (Lipinski definition) is 0. The van der Waals surface area contributed by atoms with E-state index in [1.54, 1.807) is 0 Å². The Morgan fingerprint density at radius 2 is 0.929 bits per heavy atom. The first-order valence-electron chi connectivity index (χ1n) is 12.5. The Labute approximate surface area is 176 Å². The van der Waals surface area contributed by atoms with Crippen molar-refractivity contribution in [3.05, 3.63) is 30.6 Å². The van der Waals surface area contributed by atoms with Gasteiger partial charge in [-0.15, -0.1) is 0 Å². The summed E-state index contributed by atoms with van der Waals surface area (Å²) in [6, 6.07) is 6.22. The number of hydrogen-bond acceptors (Lipinski definition) is 1. The van der Waals surface area contributed by atoms with Crippen LogP contribution in [0.15, 0.2) is 30.6 Å². The summed E-state index contributed by atoms with van der Waals surface area (Å²) in [6.07, 6.45) is 28.1. The van der Waals surface area contributed by atoms with E-state index < -0.39 is 0 Å².